The van der Waals surface area contributed by atoms with Crippen molar-refractivity contribution in [2.45, 2.75) is 6.18 Å². The van der Waals surface area contributed by atoms with Gasteiger partial charge in [0.25, 0.3) is 0 Å². The first-order valence-corrected chi connectivity index (χ1v) is 5.16. The summed E-state index contributed by atoms with van der Waals surface area (Å²) in [6.45, 7) is 0. The Morgan fingerprint density at radius 2 is 1.89 bits per heavy atom. The summed E-state index contributed by atoms with van der Waals surface area (Å²) < 4.78 is 42.0. The molecule has 0 fully saturated rings. The number of ether oxygens (including phenoxy) is 1. The van der Waals surface area contributed by atoms with E-state index in [1.807, 2.05) is 0 Å². The maximum Gasteiger partial charge on any atom is 0.433 e. The second-order valence-electron chi connectivity index (χ2n) is 3.27. The molecule has 0 saturated carbocycles. The molecule has 0 aliphatic carbocycles. The Labute approximate surface area is 105 Å². The van der Waals surface area contributed by atoms with Crippen LogP contribution in [-0.2, 0) is 6.18 Å². The summed E-state index contributed by atoms with van der Waals surface area (Å²) in [6, 6.07) is 5.15. The quantitative estimate of drug-likeness (QED) is 0.832. The van der Waals surface area contributed by atoms with Gasteiger partial charge in [-0.05, 0) is 24.3 Å². The lowest BCUT2D eigenvalue weighted by Crippen LogP contribution is -2.07. The van der Waals surface area contributed by atoms with E-state index in [0.29, 0.717) is 0 Å². The maximum absolute atomic E-state index is 12.3. The molecule has 2 aromatic rings. The third-order valence-electron chi connectivity index (χ3n) is 1.97. The van der Waals surface area contributed by atoms with Gasteiger partial charge in [-0.2, -0.15) is 13.2 Å². The molecule has 94 valence electrons. The van der Waals surface area contributed by atoms with Crippen LogP contribution in [0, 0.1) is 0 Å². The Balaban J connectivity index is 2.19. The predicted octanol–water partition coefficient (Wildman–Crippen LogP) is 3.94. The van der Waals surface area contributed by atoms with Crippen LogP contribution in [0.15, 0.2) is 36.7 Å². The summed E-state index contributed by atoms with van der Waals surface area (Å²) in [6.07, 6.45) is -2.05. The van der Waals surface area contributed by atoms with Crippen LogP contribution < -0.4 is 4.74 Å². The fourth-order valence-electron chi connectivity index (χ4n) is 1.17. The molecular weight excluding hydrogens is 269 g/mol. The third-order valence-corrected chi connectivity index (χ3v) is 2.25. The SMILES string of the molecule is FC(F)(F)c1ccc(Oc2ncccc2Cl)cn1. The van der Waals surface area contributed by atoms with E-state index < -0.39 is 11.9 Å². The summed E-state index contributed by atoms with van der Waals surface area (Å²) in [5.74, 6) is 0.240. The molecule has 0 aromatic carbocycles. The third kappa shape index (κ3) is 2.89. The van der Waals surface area contributed by atoms with Crippen LogP contribution in [-0.4, -0.2) is 9.97 Å². The minimum Gasteiger partial charge on any atom is -0.436 e. The molecule has 2 heterocycles. The summed E-state index contributed by atoms with van der Waals surface area (Å²) >= 11 is 5.79. The van der Waals surface area contributed by atoms with E-state index in [1.54, 1.807) is 12.1 Å². The van der Waals surface area contributed by atoms with Crippen molar-refractivity contribution in [3.8, 4) is 11.6 Å². The van der Waals surface area contributed by atoms with Gasteiger partial charge in [-0.1, -0.05) is 11.6 Å². The number of alkyl halides is 3. The van der Waals surface area contributed by atoms with Crippen LogP contribution in [0.4, 0.5) is 13.2 Å². The van der Waals surface area contributed by atoms with Crippen molar-refractivity contribution in [2.24, 2.45) is 0 Å². The predicted molar refractivity (Wildman–Crippen MR) is 58.6 cm³/mol. The molecule has 0 aliphatic rings. The molecule has 7 heteroatoms. The first-order valence-electron chi connectivity index (χ1n) is 4.78. The molecule has 0 N–H and O–H groups in total. The molecule has 0 amide bonds. The van der Waals surface area contributed by atoms with E-state index in [-0.39, 0.29) is 16.7 Å². The van der Waals surface area contributed by atoms with Crippen LogP contribution in [0.3, 0.4) is 0 Å². The lowest BCUT2D eigenvalue weighted by atomic mass is 10.3. The number of hydrogen-bond donors (Lipinski definition) is 0. The molecule has 0 saturated heterocycles. The molecule has 0 unspecified atom stereocenters. The van der Waals surface area contributed by atoms with Crippen molar-refractivity contribution < 1.29 is 17.9 Å². The van der Waals surface area contributed by atoms with Crippen LogP contribution in [0.25, 0.3) is 0 Å². The molecule has 0 bridgehead atoms. The van der Waals surface area contributed by atoms with Crippen molar-refractivity contribution in [1.82, 2.24) is 9.97 Å². The highest BCUT2D eigenvalue weighted by atomic mass is 35.5. The average Bonchev–Trinajstić information content (AvgIpc) is 2.32. The number of nitrogens with zero attached hydrogens (tertiary/aromatic N) is 2. The largest absolute Gasteiger partial charge is 0.436 e. The summed E-state index contributed by atoms with van der Waals surface area (Å²) in [5, 5.41) is 0.261. The Morgan fingerprint density at radius 1 is 1.11 bits per heavy atom. The van der Waals surface area contributed by atoms with E-state index in [1.165, 1.54) is 6.20 Å². The minimum absolute atomic E-state index is 0.112. The fraction of sp³-hybridized carbons (Fsp3) is 0.0909. The fourth-order valence-corrected chi connectivity index (χ4v) is 1.33. The number of rotatable bonds is 2. The average molecular weight is 275 g/mol. The molecule has 0 radical (unpaired) electrons. The van der Waals surface area contributed by atoms with E-state index >= 15 is 0 Å². The second-order valence-corrected chi connectivity index (χ2v) is 3.68. The lowest BCUT2D eigenvalue weighted by molar-refractivity contribution is -0.141. The first kappa shape index (κ1) is 12.6. The number of halogens is 4. The number of hydrogen-bond acceptors (Lipinski definition) is 3. The lowest BCUT2D eigenvalue weighted by Gasteiger charge is -2.08. The smallest absolute Gasteiger partial charge is 0.433 e. The molecule has 0 atom stereocenters. The van der Waals surface area contributed by atoms with Gasteiger partial charge in [0, 0.05) is 6.20 Å². The zero-order valence-corrected chi connectivity index (χ0v) is 9.53. The van der Waals surface area contributed by atoms with Crippen LogP contribution in [0.5, 0.6) is 11.6 Å². The van der Waals surface area contributed by atoms with Crippen molar-refractivity contribution >= 4 is 11.6 Å². The monoisotopic (exact) mass is 274 g/mol. The number of aromatic nitrogens is 2. The molecule has 18 heavy (non-hydrogen) atoms. The van der Waals surface area contributed by atoms with Crippen LogP contribution in [0.2, 0.25) is 5.02 Å². The van der Waals surface area contributed by atoms with Gasteiger partial charge in [0.2, 0.25) is 5.88 Å². The van der Waals surface area contributed by atoms with Crippen molar-refractivity contribution in [3.05, 3.63) is 47.4 Å². The molecule has 0 spiro atoms. The first-order chi connectivity index (χ1) is 8.47. The Kier molecular flexibility index (Phi) is 3.38. The summed E-state index contributed by atoms with van der Waals surface area (Å²) in [5.41, 5.74) is -0.984. The standard InChI is InChI=1S/C11H6ClF3N2O/c12-8-2-1-5-16-10(8)18-7-3-4-9(17-6-7)11(13,14)15/h1-6H. The highest BCUT2D eigenvalue weighted by molar-refractivity contribution is 6.31. The van der Waals surface area contributed by atoms with Crippen molar-refractivity contribution in [1.29, 1.82) is 0 Å². The zero-order chi connectivity index (χ0) is 13.2. The van der Waals surface area contributed by atoms with E-state index in [2.05, 4.69) is 9.97 Å². The highest BCUT2D eigenvalue weighted by Gasteiger charge is 2.32. The topological polar surface area (TPSA) is 35.0 Å². The molecule has 2 aromatic heterocycles. The van der Waals surface area contributed by atoms with E-state index in [4.69, 9.17) is 16.3 Å². The van der Waals surface area contributed by atoms with Crippen LogP contribution in [0.1, 0.15) is 5.69 Å². The summed E-state index contributed by atoms with van der Waals surface area (Å²) in [4.78, 5) is 7.10. The van der Waals surface area contributed by atoms with Gasteiger partial charge >= 0.3 is 6.18 Å². The molecule has 3 nitrogen and oxygen atoms in total. The molecule has 0 aliphatic heterocycles. The van der Waals surface area contributed by atoms with Crippen LogP contribution >= 0.6 is 11.6 Å². The minimum atomic E-state index is -4.47. The normalized spacial score (nSPS) is 11.3. The molecular formula is C11H6ClF3N2O. The number of pyridine rings is 2. The van der Waals surface area contributed by atoms with E-state index in [9.17, 15) is 13.2 Å². The Morgan fingerprint density at radius 3 is 2.44 bits per heavy atom. The van der Waals surface area contributed by atoms with Gasteiger partial charge in [0.1, 0.15) is 16.5 Å². The zero-order valence-electron chi connectivity index (χ0n) is 8.78. The van der Waals surface area contributed by atoms with Gasteiger partial charge < -0.3 is 4.74 Å². The van der Waals surface area contributed by atoms with Crippen molar-refractivity contribution in [2.75, 3.05) is 0 Å². The summed E-state index contributed by atoms with van der Waals surface area (Å²) in [7, 11) is 0. The molecule has 2 rings (SSSR count). The van der Waals surface area contributed by atoms with Gasteiger partial charge in [0.15, 0.2) is 0 Å². The maximum atomic E-state index is 12.3. The van der Waals surface area contributed by atoms with E-state index in [0.717, 1.165) is 18.3 Å². The highest BCUT2D eigenvalue weighted by Crippen LogP contribution is 2.30. The Hall–Kier alpha value is -1.82. The van der Waals surface area contributed by atoms with Gasteiger partial charge in [-0.25, -0.2) is 9.97 Å². The van der Waals surface area contributed by atoms with Crippen molar-refractivity contribution in [3.63, 3.8) is 0 Å². The van der Waals surface area contributed by atoms with Gasteiger partial charge in [0.05, 0.1) is 6.20 Å². The Bertz CT molecular complexity index is 543. The second kappa shape index (κ2) is 4.81. The van der Waals surface area contributed by atoms with Gasteiger partial charge in [-0.15, -0.1) is 0 Å². The van der Waals surface area contributed by atoms with Gasteiger partial charge in [-0.3, -0.25) is 0 Å².